The minimum Gasteiger partial charge on any atom is -0.622 e. The molecule has 0 radical (unpaired) electrons. The molecule has 10 heteroatoms. The fourth-order valence-corrected chi connectivity index (χ4v) is 2.57. The summed E-state index contributed by atoms with van der Waals surface area (Å²) in [5.74, 6) is 0. The van der Waals surface area contributed by atoms with Crippen molar-refractivity contribution in [3.05, 3.63) is 68.4 Å². The Hall–Kier alpha value is -2.66. The molecule has 2 unspecified atom stereocenters. The van der Waals surface area contributed by atoms with Crippen LogP contribution in [0.2, 0.25) is 0 Å². The first-order valence-electron chi connectivity index (χ1n) is 6.28. The minimum absolute atomic E-state index is 0.0103. The number of quaternary nitrogens is 2. The van der Waals surface area contributed by atoms with E-state index in [0.717, 1.165) is 0 Å². The van der Waals surface area contributed by atoms with Gasteiger partial charge in [-0.2, -0.15) is 0 Å². The summed E-state index contributed by atoms with van der Waals surface area (Å²) >= 11 is 0. The zero-order valence-corrected chi connectivity index (χ0v) is 12.3. The van der Waals surface area contributed by atoms with Gasteiger partial charge in [-0.3, -0.25) is 9.29 Å². The van der Waals surface area contributed by atoms with Crippen molar-refractivity contribution >= 4 is 0 Å². The van der Waals surface area contributed by atoms with Crippen LogP contribution >= 0.6 is 0 Å². The van der Waals surface area contributed by atoms with Crippen LogP contribution < -0.4 is 34.4 Å². The molecule has 0 bridgehead atoms. The Bertz CT molecular complexity index is 649. The Morgan fingerprint density at radius 3 is 1.23 bits per heavy atom. The second-order valence-corrected chi connectivity index (χ2v) is 5.50. The quantitative estimate of drug-likeness (QED) is 0.247. The third kappa shape index (κ3) is 2.07. The lowest BCUT2D eigenvalue weighted by atomic mass is 10.1. The van der Waals surface area contributed by atoms with Gasteiger partial charge in [0.1, 0.15) is 46.6 Å². The van der Waals surface area contributed by atoms with Crippen molar-refractivity contribution < 1.29 is 9.29 Å². The Morgan fingerprint density at radius 2 is 1.05 bits per heavy atom. The highest BCUT2D eigenvalue weighted by atomic mass is 16.5. The van der Waals surface area contributed by atoms with Gasteiger partial charge in [-0.1, -0.05) is 0 Å². The van der Waals surface area contributed by atoms with E-state index in [9.17, 15) is 10.4 Å². The lowest BCUT2D eigenvalue weighted by Crippen LogP contribution is -2.37. The highest BCUT2D eigenvalue weighted by Crippen LogP contribution is 2.35. The molecule has 2 aliphatic heterocycles. The van der Waals surface area contributed by atoms with E-state index in [-0.39, 0.29) is 45.6 Å². The average molecular weight is 308 g/mol. The van der Waals surface area contributed by atoms with Gasteiger partial charge in [-0.25, -0.2) is 0 Å². The van der Waals surface area contributed by atoms with Crippen molar-refractivity contribution in [2.45, 2.75) is 0 Å². The monoisotopic (exact) mass is 308 g/mol. The van der Waals surface area contributed by atoms with Crippen LogP contribution in [0, 0.1) is 10.4 Å². The third-order valence-electron chi connectivity index (χ3n) is 3.59. The van der Waals surface area contributed by atoms with E-state index in [0.29, 0.717) is 0 Å². The molecular weight excluding hydrogens is 288 g/mol. The number of hydrogen-bond donors (Lipinski definition) is 6. The van der Waals surface area contributed by atoms with E-state index in [1.165, 1.54) is 26.5 Å². The van der Waals surface area contributed by atoms with Crippen LogP contribution in [0.4, 0.5) is 0 Å². The maximum Gasteiger partial charge on any atom is 0.188 e. The van der Waals surface area contributed by atoms with Crippen LogP contribution in [0.1, 0.15) is 0 Å². The number of nitrogens with two attached hydrogens (primary N) is 6. The second kappa shape index (κ2) is 4.42. The first-order chi connectivity index (χ1) is 9.90. The van der Waals surface area contributed by atoms with E-state index in [2.05, 4.69) is 0 Å². The molecular formula is C12H20N8O2. The standard InChI is InChI=1S/C12H20N8O2/c1-19(21)3-5(13)7(15)11(19)9(17)10(18)12-8(16)6(14)4-20(12,2)22/h3-4H,13-18H2,1-2H3/b10-9+. The van der Waals surface area contributed by atoms with Crippen molar-refractivity contribution in [1.82, 2.24) is 0 Å². The summed E-state index contributed by atoms with van der Waals surface area (Å²) in [4.78, 5) is 0. The van der Waals surface area contributed by atoms with Gasteiger partial charge in [-0.05, 0) is 0 Å². The average Bonchev–Trinajstić information content (AvgIpc) is 2.68. The summed E-state index contributed by atoms with van der Waals surface area (Å²) in [6.07, 6.45) is 2.35. The molecule has 0 amide bonds. The maximum absolute atomic E-state index is 12.4. The largest absolute Gasteiger partial charge is 0.622 e. The zero-order chi connectivity index (χ0) is 17.0. The molecule has 0 saturated heterocycles. The molecule has 0 saturated carbocycles. The predicted octanol–water partition coefficient (Wildman–Crippen LogP) is -2.03. The molecule has 2 rings (SSSR count). The Labute approximate surface area is 127 Å². The molecule has 2 atom stereocenters. The molecule has 0 aliphatic carbocycles. The van der Waals surface area contributed by atoms with Gasteiger partial charge >= 0.3 is 0 Å². The number of rotatable bonds is 2. The molecule has 0 fully saturated rings. The molecule has 0 aromatic heterocycles. The molecule has 2 aliphatic rings. The fourth-order valence-electron chi connectivity index (χ4n) is 2.57. The first kappa shape index (κ1) is 15.7. The Morgan fingerprint density at radius 1 is 0.773 bits per heavy atom. The SMILES string of the molecule is C[N+]1([O-])C=C(N)C(N)=C1/C(N)=C(\N)C1=C(N)C(N)=C[N+]1(C)[O-]. The summed E-state index contributed by atoms with van der Waals surface area (Å²) in [5, 5.41) is 24.9. The van der Waals surface area contributed by atoms with Crippen LogP contribution in [-0.4, -0.2) is 23.4 Å². The molecule has 2 heterocycles. The van der Waals surface area contributed by atoms with E-state index < -0.39 is 9.29 Å². The minimum atomic E-state index is -1.04. The molecule has 0 aromatic carbocycles. The number of likely N-dealkylation sites (N-methyl/N-ethyl adjacent to an activating group) is 2. The number of nitrogens with zero attached hydrogens (tertiary/aromatic N) is 2. The summed E-state index contributed by atoms with van der Waals surface area (Å²) < 4.78 is -2.08. The number of hydroxylamine groups is 6. The van der Waals surface area contributed by atoms with Gasteiger partial charge in [0, 0.05) is 0 Å². The lowest BCUT2D eigenvalue weighted by molar-refractivity contribution is -0.763. The molecule has 10 nitrogen and oxygen atoms in total. The van der Waals surface area contributed by atoms with Gasteiger partial charge in [0.2, 0.25) is 0 Å². The van der Waals surface area contributed by atoms with E-state index in [1.807, 2.05) is 0 Å². The highest BCUT2D eigenvalue weighted by molar-refractivity contribution is 5.49. The van der Waals surface area contributed by atoms with Crippen molar-refractivity contribution in [2.75, 3.05) is 14.1 Å². The zero-order valence-electron chi connectivity index (χ0n) is 12.3. The smallest absolute Gasteiger partial charge is 0.188 e. The van der Waals surface area contributed by atoms with Gasteiger partial charge in [0.25, 0.3) is 0 Å². The molecule has 12 N–H and O–H groups in total. The van der Waals surface area contributed by atoms with Crippen LogP contribution in [0.5, 0.6) is 0 Å². The Balaban J connectivity index is 2.63. The van der Waals surface area contributed by atoms with E-state index in [1.54, 1.807) is 0 Å². The van der Waals surface area contributed by atoms with E-state index >= 15 is 0 Å². The lowest BCUT2D eigenvalue weighted by Gasteiger charge is -2.36. The summed E-state index contributed by atoms with van der Waals surface area (Å²) in [7, 11) is 2.57. The summed E-state index contributed by atoms with van der Waals surface area (Å²) in [5.41, 5.74) is 34.6. The number of hydrogen-bond acceptors (Lipinski definition) is 8. The van der Waals surface area contributed by atoms with Crippen LogP contribution in [0.25, 0.3) is 0 Å². The van der Waals surface area contributed by atoms with Crippen LogP contribution in [0.3, 0.4) is 0 Å². The van der Waals surface area contributed by atoms with Gasteiger partial charge < -0.3 is 44.8 Å². The van der Waals surface area contributed by atoms with E-state index in [4.69, 9.17) is 34.4 Å². The van der Waals surface area contributed by atoms with Crippen molar-refractivity contribution in [2.24, 2.45) is 34.4 Å². The molecule has 120 valence electrons. The summed E-state index contributed by atoms with van der Waals surface area (Å²) in [6.45, 7) is 0. The highest BCUT2D eigenvalue weighted by Gasteiger charge is 2.37. The van der Waals surface area contributed by atoms with Crippen molar-refractivity contribution in [3.63, 3.8) is 0 Å². The Kier molecular flexibility index (Phi) is 3.16. The molecule has 0 spiro atoms. The van der Waals surface area contributed by atoms with Gasteiger partial charge in [0.05, 0.1) is 14.1 Å². The normalized spacial score (nSPS) is 33.1. The summed E-state index contributed by atoms with van der Waals surface area (Å²) in [6, 6.07) is 0. The maximum atomic E-state index is 12.4. The first-order valence-corrected chi connectivity index (χ1v) is 6.28. The third-order valence-corrected chi connectivity index (χ3v) is 3.59. The van der Waals surface area contributed by atoms with Crippen molar-refractivity contribution in [3.8, 4) is 0 Å². The van der Waals surface area contributed by atoms with Crippen molar-refractivity contribution in [1.29, 1.82) is 0 Å². The molecule has 0 aromatic rings. The predicted molar refractivity (Wildman–Crippen MR) is 81.5 cm³/mol. The topological polar surface area (TPSA) is 202 Å². The second-order valence-electron chi connectivity index (χ2n) is 5.50. The van der Waals surface area contributed by atoms with Gasteiger partial charge in [-0.15, -0.1) is 0 Å². The molecule has 22 heavy (non-hydrogen) atoms. The van der Waals surface area contributed by atoms with Crippen LogP contribution in [-0.2, 0) is 0 Å². The fraction of sp³-hybridized carbons (Fsp3) is 0.167. The van der Waals surface area contributed by atoms with Crippen LogP contribution in [0.15, 0.2) is 58.0 Å². The van der Waals surface area contributed by atoms with Gasteiger partial charge in [0.15, 0.2) is 11.4 Å².